The van der Waals surface area contributed by atoms with E-state index in [4.69, 9.17) is 4.74 Å². The smallest absolute Gasteiger partial charge is 0.407 e. The average Bonchev–Trinajstić information content (AvgIpc) is 2.71. The van der Waals surface area contributed by atoms with Crippen LogP contribution in [0.1, 0.15) is 47.0 Å². The summed E-state index contributed by atoms with van der Waals surface area (Å²) in [6.45, 7) is 8.34. The minimum absolute atomic E-state index is 0.171. The SMILES string of the molecule is CC(CNC(=O)OC(C)(C)C)NC1CCCC1CO. The van der Waals surface area contributed by atoms with Crippen LogP contribution in [0.15, 0.2) is 0 Å². The molecular weight excluding hydrogens is 244 g/mol. The summed E-state index contributed by atoms with van der Waals surface area (Å²) in [5.41, 5.74) is -0.464. The summed E-state index contributed by atoms with van der Waals surface area (Å²) in [4.78, 5) is 11.5. The van der Waals surface area contributed by atoms with Crippen LogP contribution >= 0.6 is 0 Å². The van der Waals surface area contributed by atoms with Gasteiger partial charge < -0.3 is 20.5 Å². The van der Waals surface area contributed by atoms with Gasteiger partial charge in [-0.1, -0.05) is 6.42 Å². The molecule has 0 aromatic heterocycles. The summed E-state index contributed by atoms with van der Waals surface area (Å²) in [7, 11) is 0. The fraction of sp³-hybridized carbons (Fsp3) is 0.929. The van der Waals surface area contributed by atoms with Gasteiger partial charge in [-0.05, 0) is 46.5 Å². The summed E-state index contributed by atoms with van der Waals surface area (Å²) in [6, 6.07) is 0.533. The fourth-order valence-corrected chi connectivity index (χ4v) is 2.45. The molecule has 1 aliphatic carbocycles. The van der Waals surface area contributed by atoms with Gasteiger partial charge in [-0.3, -0.25) is 0 Å². The molecule has 0 saturated heterocycles. The Hall–Kier alpha value is -0.810. The molecule has 1 aliphatic rings. The molecule has 1 rings (SSSR count). The molecule has 0 radical (unpaired) electrons. The quantitative estimate of drug-likeness (QED) is 0.711. The molecule has 0 bridgehead atoms. The van der Waals surface area contributed by atoms with E-state index in [-0.39, 0.29) is 18.7 Å². The third-order valence-corrected chi connectivity index (χ3v) is 3.34. The lowest BCUT2D eigenvalue weighted by Gasteiger charge is -2.25. The summed E-state index contributed by atoms with van der Waals surface area (Å²) in [5.74, 6) is 0.351. The molecule has 1 fully saturated rings. The van der Waals surface area contributed by atoms with Crippen molar-refractivity contribution >= 4 is 6.09 Å². The van der Waals surface area contributed by atoms with Crippen LogP contribution in [0.25, 0.3) is 0 Å². The first-order valence-electron chi connectivity index (χ1n) is 7.15. The van der Waals surface area contributed by atoms with Crippen LogP contribution in [0.5, 0.6) is 0 Å². The number of aliphatic hydroxyl groups excluding tert-OH is 1. The van der Waals surface area contributed by atoms with E-state index >= 15 is 0 Å². The van der Waals surface area contributed by atoms with Crippen molar-refractivity contribution in [3.8, 4) is 0 Å². The number of hydrogen-bond donors (Lipinski definition) is 3. The van der Waals surface area contributed by atoms with Crippen LogP contribution < -0.4 is 10.6 Å². The molecule has 0 heterocycles. The van der Waals surface area contributed by atoms with Crippen molar-refractivity contribution in [1.29, 1.82) is 0 Å². The van der Waals surface area contributed by atoms with Crippen molar-refractivity contribution in [3.05, 3.63) is 0 Å². The summed E-state index contributed by atoms with van der Waals surface area (Å²) in [6.07, 6.45) is 2.96. The van der Waals surface area contributed by atoms with E-state index in [2.05, 4.69) is 10.6 Å². The van der Waals surface area contributed by atoms with E-state index in [0.29, 0.717) is 18.5 Å². The van der Waals surface area contributed by atoms with Crippen LogP contribution in [-0.4, -0.2) is 42.0 Å². The Bertz CT molecular complexity index is 289. The largest absolute Gasteiger partial charge is 0.444 e. The topological polar surface area (TPSA) is 70.6 Å². The lowest BCUT2D eigenvalue weighted by molar-refractivity contribution is 0.0521. The highest BCUT2D eigenvalue weighted by molar-refractivity contribution is 5.67. The summed E-state index contributed by atoms with van der Waals surface area (Å²) in [5, 5.41) is 15.5. The monoisotopic (exact) mass is 272 g/mol. The van der Waals surface area contributed by atoms with Crippen molar-refractivity contribution in [2.45, 2.75) is 64.6 Å². The van der Waals surface area contributed by atoms with E-state index in [0.717, 1.165) is 19.3 Å². The molecule has 0 aromatic carbocycles. The second-order valence-corrected chi connectivity index (χ2v) is 6.43. The van der Waals surface area contributed by atoms with Gasteiger partial charge in [0.2, 0.25) is 0 Å². The predicted molar refractivity (Wildman–Crippen MR) is 75.0 cm³/mol. The highest BCUT2D eigenvalue weighted by Gasteiger charge is 2.27. The second-order valence-electron chi connectivity index (χ2n) is 6.43. The van der Waals surface area contributed by atoms with Gasteiger partial charge in [0.1, 0.15) is 5.60 Å². The molecule has 3 unspecified atom stereocenters. The van der Waals surface area contributed by atoms with Crippen LogP contribution in [0, 0.1) is 5.92 Å². The number of carbonyl (C=O) groups excluding carboxylic acids is 1. The van der Waals surface area contributed by atoms with Crippen molar-refractivity contribution in [2.24, 2.45) is 5.92 Å². The van der Waals surface area contributed by atoms with Gasteiger partial charge in [-0.25, -0.2) is 4.79 Å². The molecule has 112 valence electrons. The van der Waals surface area contributed by atoms with Gasteiger partial charge in [-0.2, -0.15) is 0 Å². The lowest BCUT2D eigenvalue weighted by atomic mass is 10.0. The molecule has 0 aromatic rings. The number of amides is 1. The van der Waals surface area contributed by atoms with Gasteiger partial charge in [0.15, 0.2) is 0 Å². The molecule has 19 heavy (non-hydrogen) atoms. The highest BCUT2D eigenvalue weighted by atomic mass is 16.6. The zero-order chi connectivity index (χ0) is 14.5. The van der Waals surface area contributed by atoms with Gasteiger partial charge in [0.05, 0.1) is 0 Å². The standard InChI is InChI=1S/C14H28N2O3/c1-10(8-15-13(18)19-14(2,3)4)16-12-7-5-6-11(12)9-17/h10-12,16-17H,5-9H2,1-4H3,(H,15,18). The average molecular weight is 272 g/mol. The van der Waals surface area contributed by atoms with E-state index in [9.17, 15) is 9.90 Å². The Balaban J connectivity index is 2.24. The molecule has 3 atom stereocenters. The fourth-order valence-electron chi connectivity index (χ4n) is 2.45. The Kier molecular flexibility index (Phi) is 6.07. The predicted octanol–water partition coefficient (Wildman–Crippen LogP) is 1.65. The van der Waals surface area contributed by atoms with Crippen molar-refractivity contribution in [1.82, 2.24) is 10.6 Å². The van der Waals surface area contributed by atoms with Crippen LogP contribution in [0.4, 0.5) is 4.79 Å². The first kappa shape index (κ1) is 16.2. The van der Waals surface area contributed by atoms with Gasteiger partial charge in [0.25, 0.3) is 0 Å². The Morgan fingerprint density at radius 3 is 2.68 bits per heavy atom. The Morgan fingerprint density at radius 2 is 2.11 bits per heavy atom. The maximum Gasteiger partial charge on any atom is 0.407 e. The van der Waals surface area contributed by atoms with Crippen LogP contribution in [0.3, 0.4) is 0 Å². The first-order valence-corrected chi connectivity index (χ1v) is 7.15. The zero-order valence-corrected chi connectivity index (χ0v) is 12.5. The molecule has 1 amide bonds. The number of rotatable bonds is 5. The molecule has 3 N–H and O–H groups in total. The third-order valence-electron chi connectivity index (χ3n) is 3.34. The van der Waals surface area contributed by atoms with Crippen LogP contribution in [0.2, 0.25) is 0 Å². The van der Waals surface area contributed by atoms with E-state index < -0.39 is 5.60 Å². The number of ether oxygens (including phenoxy) is 1. The molecule has 5 heteroatoms. The number of nitrogens with one attached hydrogen (secondary N) is 2. The molecule has 1 saturated carbocycles. The molecule has 0 aliphatic heterocycles. The lowest BCUT2D eigenvalue weighted by Crippen LogP contribution is -2.46. The van der Waals surface area contributed by atoms with Gasteiger partial charge in [0, 0.05) is 25.2 Å². The normalized spacial score (nSPS) is 25.1. The second kappa shape index (κ2) is 7.10. The number of hydrogen-bond acceptors (Lipinski definition) is 4. The number of carbonyl (C=O) groups is 1. The molecule has 0 spiro atoms. The minimum atomic E-state index is -0.464. The Labute approximate surface area is 116 Å². The van der Waals surface area contributed by atoms with E-state index in [1.807, 2.05) is 27.7 Å². The zero-order valence-electron chi connectivity index (χ0n) is 12.5. The van der Waals surface area contributed by atoms with E-state index in [1.54, 1.807) is 0 Å². The van der Waals surface area contributed by atoms with Crippen molar-refractivity contribution < 1.29 is 14.6 Å². The van der Waals surface area contributed by atoms with Crippen LogP contribution in [-0.2, 0) is 4.74 Å². The summed E-state index contributed by atoms with van der Waals surface area (Å²) < 4.78 is 5.18. The minimum Gasteiger partial charge on any atom is -0.444 e. The first-order chi connectivity index (χ1) is 8.81. The van der Waals surface area contributed by atoms with Crippen molar-refractivity contribution in [3.63, 3.8) is 0 Å². The molecule has 5 nitrogen and oxygen atoms in total. The highest BCUT2D eigenvalue weighted by Crippen LogP contribution is 2.25. The van der Waals surface area contributed by atoms with E-state index in [1.165, 1.54) is 0 Å². The number of alkyl carbamates (subject to hydrolysis) is 1. The Morgan fingerprint density at radius 1 is 1.42 bits per heavy atom. The van der Waals surface area contributed by atoms with Crippen molar-refractivity contribution in [2.75, 3.05) is 13.2 Å². The third kappa shape index (κ3) is 6.25. The number of aliphatic hydroxyl groups is 1. The van der Waals surface area contributed by atoms with Gasteiger partial charge in [-0.15, -0.1) is 0 Å². The van der Waals surface area contributed by atoms with Gasteiger partial charge >= 0.3 is 6.09 Å². The maximum atomic E-state index is 11.5. The summed E-state index contributed by atoms with van der Waals surface area (Å²) >= 11 is 0. The maximum absolute atomic E-state index is 11.5. The molecular formula is C14H28N2O3.